The minimum Gasteiger partial charge on any atom is -0.480 e. The number of carboxylic acid groups (broad SMARTS) is 1. The molecule has 0 aliphatic carbocycles. The number of carbonyl (C=O) groups excluding carboxylic acids is 1. The molecule has 3 rings (SSSR count). The number of aromatic amines is 1. The molecule has 1 aromatic heterocycles. The van der Waals surface area contributed by atoms with E-state index in [2.05, 4.69) is 25.9 Å². The lowest BCUT2D eigenvalue weighted by Gasteiger charge is -2.24. The zero-order valence-corrected chi connectivity index (χ0v) is 17.2. The predicted octanol–water partition coefficient (Wildman–Crippen LogP) is 2.16. The van der Waals surface area contributed by atoms with E-state index in [0.29, 0.717) is 5.02 Å². The van der Waals surface area contributed by atoms with Gasteiger partial charge in [0, 0.05) is 12.1 Å². The molecule has 0 radical (unpaired) electrons. The van der Waals surface area contributed by atoms with Crippen molar-refractivity contribution in [3.8, 4) is 11.1 Å². The highest BCUT2D eigenvalue weighted by Crippen LogP contribution is 2.23. The monoisotopic (exact) mass is 428 g/mol. The van der Waals surface area contributed by atoms with Gasteiger partial charge in [0.1, 0.15) is 6.04 Å². The van der Waals surface area contributed by atoms with Crippen molar-refractivity contribution in [2.24, 2.45) is 0 Å². The summed E-state index contributed by atoms with van der Waals surface area (Å²) in [4.78, 5) is 25.5. The van der Waals surface area contributed by atoms with E-state index in [0.717, 1.165) is 16.7 Å². The number of rotatable bonds is 8. The van der Waals surface area contributed by atoms with Crippen LogP contribution in [0.4, 0.5) is 5.95 Å². The summed E-state index contributed by atoms with van der Waals surface area (Å²) >= 11 is 6.06. The van der Waals surface area contributed by atoms with Gasteiger partial charge in [0.15, 0.2) is 0 Å². The third-order valence-corrected chi connectivity index (χ3v) is 4.89. The van der Waals surface area contributed by atoms with Crippen LogP contribution in [0.2, 0.25) is 5.02 Å². The number of tetrazole rings is 1. The average Bonchev–Trinajstić information content (AvgIpc) is 3.27. The molecular formula is C20H21ClN6O3. The van der Waals surface area contributed by atoms with Gasteiger partial charge in [0.05, 0.1) is 6.04 Å². The first-order valence-electron chi connectivity index (χ1n) is 9.20. The lowest BCUT2D eigenvalue weighted by Crippen LogP contribution is -2.51. The molecule has 3 aromatic rings. The molecule has 0 bridgehead atoms. The van der Waals surface area contributed by atoms with Gasteiger partial charge in [0.25, 0.3) is 0 Å². The van der Waals surface area contributed by atoms with Crippen LogP contribution in [0.15, 0.2) is 48.5 Å². The third kappa shape index (κ3) is 5.19. The number of nitrogens with zero attached hydrogens (tertiary/aromatic N) is 4. The molecule has 30 heavy (non-hydrogen) atoms. The topological polar surface area (TPSA) is 124 Å². The van der Waals surface area contributed by atoms with Crippen LogP contribution in [0.5, 0.6) is 0 Å². The van der Waals surface area contributed by atoms with E-state index in [1.807, 2.05) is 48.5 Å². The summed E-state index contributed by atoms with van der Waals surface area (Å²) in [6, 6.07) is 13.5. The van der Waals surface area contributed by atoms with Crippen molar-refractivity contribution in [3.63, 3.8) is 0 Å². The normalized spacial score (nSPS) is 12.9. The SMILES string of the molecule is CC(NC(Cc1ccc(-c2cccc(Cl)c2)cc1)C(=O)N(C)c1nnn[nH]1)C(=O)O. The molecule has 1 amide bonds. The Labute approximate surface area is 178 Å². The fourth-order valence-corrected chi connectivity index (χ4v) is 3.15. The van der Waals surface area contributed by atoms with E-state index >= 15 is 0 Å². The maximum Gasteiger partial charge on any atom is 0.320 e. The number of carbonyl (C=O) groups is 2. The van der Waals surface area contributed by atoms with E-state index in [1.165, 1.54) is 18.9 Å². The van der Waals surface area contributed by atoms with Crippen LogP contribution in [0.1, 0.15) is 12.5 Å². The Hall–Kier alpha value is -3.30. The zero-order valence-electron chi connectivity index (χ0n) is 16.4. The minimum absolute atomic E-state index is 0.172. The fourth-order valence-electron chi connectivity index (χ4n) is 2.96. The van der Waals surface area contributed by atoms with Gasteiger partial charge >= 0.3 is 5.97 Å². The maximum absolute atomic E-state index is 13.0. The van der Waals surface area contributed by atoms with Crippen molar-refractivity contribution in [1.82, 2.24) is 25.9 Å². The molecule has 0 spiro atoms. The second kappa shape index (κ2) is 9.47. The van der Waals surface area contributed by atoms with Crippen molar-refractivity contribution in [3.05, 3.63) is 59.1 Å². The van der Waals surface area contributed by atoms with E-state index in [-0.39, 0.29) is 18.3 Å². The standard InChI is InChI=1S/C20H21ClN6O3/c1-12(19(29)30)22-17(18(28)27(2)20-23-25-26-24-20)10-13-6-8-14(9-7-13)15-4-3-5-16(21)11-15/h3-9,11-12,17,22H,10H2,1-2H3,(H,29,30)(H,23,24,25,26). The summed E-state index contributed by atoms with van der Waals surface area (Å²) in [5.41, 5.74) is 2.84. The number of hydrogen-bond donors (Lipinski definition) is 3. The van der Waals surface area contributed by atoms with Gasteiger partial charge in [-0.3, -0.25) is 19.8 Å². The smallest absolute Gasteiger partial charge is 0.320 e. The Morgan fingerprint density at radius 3 is 2.53 bits per heavy atom. The van der Waals surface area contributed by atoms with Crippen molar-refractivity contribution in [2.45, 2.75) is 25.4 Å². The number of nitrogens with one attached hydrogen (secondary N) is 2. The number of H-pyrrole nitrogens is 1. The molecule has 2 unspecified atom stereocenters. The molecule has 10 heteroatoms. The highest BCUT2D eigenvalue weighted by atomic mass is 35.5. The van der Waals surface area contributed by atoms with E-state index in [9.17, 15) is 14.7 Å². The number of benzene rings is 2. The number of likely N-dealkylation sites (N-methyl/N-ethyl adjacent to an activating group) is 1. The Morgan fingerprint density at radius 2 is 1.93 bits per heavy atom. The first-order chi connectivity index (χ1) is 14.3. The molecule has 1 heterocycles. The Morgan fingerprint density at radius 1 is 1.20 bits per heavy atom. The second-order valence-electron chi connectivity index (χ2n) is 6.81. The second-order valence-corrected chi connectivity index (χ2v) is 7.25. The molecule has 0 saturated heterocycles. The van der Waals surface area contributed by atoms with Crippen LogP contribution in [0, 0.1) is 0 Å². The number of carboxylic acids is 1. The van der Waals surface area contributed by atoms with E-state index in [1.54, 1.807) is 0 Å². The van der Waals surface area contributed by atoms with Gasteiger partial charge in [-0.15, -0.1) is 0 Å². The van der Waals surface area contributed by atoms with Gasteiger partial charge in [0.2, 0.25) is 11.9 Å². The molecule has 156 valence electrons. The molecule has 9 nitrogen and oxygen atoms in total. The number of aromatic nitrogens is 4. The maximum atomic E-state index is 13.0. The minimum atomic E-state index is -1.05. The van der Waals surface area contributed by atoms with E-state index in [4.69, 9.17) is 11.6 Å². The Kier molecular flexibility index (Phi) is 6.76. The summed E-state index contributed by atoms with van der Waals surface area (Å²) in [6.07, 6.45) is 0.290. The van der Waals surface area contributed by atoms with Crippen LogP contribution in [0.25, 0.3) is 11.1 Å². The molecular weight excluding hydrogens is 408 g/mol. The van der Waals surface area contributed by atoms with Crippen LogP contribution in [-0.4, -0.2) is 56.7 Å². The van der Waals surface area contributed by atoms with Gasteiger partial charge < -0.3 is 5.11 Å². The number of halogens is 1. The summed E-state index contributed by atoms with van der Waals surface area (Å²) in [5, 5.41) is 25.9. The fraction of sp³-hybridized carbons (Fsp3) is 0.250. The van der Waals surface area contributed by atoms with Crippen molar-refractivity contribution in [2.75, 3.05) is 11.9 Å². The third-order valence-electron chi connectivity index (χ3n) is 4.65. The first-order valence-corrected chi connectivity index (χ1v) is 9.58. The molecule has 0 aliphatic heterocycles. The zero-order chi connectivity index (χ0) is 21.7. The molecule has 0 aliphatic rings. The summed E-state index contributed by atoms with van der Waals surface area (Å²) < 4.78 is 0. The number of hydrogen-bond acceptors (Lipinski definition) is 6. The molecule has 3 N–H and O–H groups in total. The first kappa shape index (κ1) is 21.4. The molecule has 0 saturated carbocycles. The molecule has 0 fully saturated rings. The summed E-state index contributed by atoms with van der Waals surface area (Å²) in [7, 11) is 1.52. The van der Waals surface area contributed by atoms with Crippen LogP contribution in [0.3, 0.4) is 0 Å². The van der Waals surface area contributed by atoms with Gasteiger partial charge in [-0.1, -0.05) is 53.1 Å². The number of aliphatic carboxylic acids is 1. The lowest BCUT2D eigenvalue weighted by atomic mass is 9.99. The predicted molar refractivity (Wildman–Crippen MR) is 112 cm³/mol. The number of anilines is 1. The number of amides is 1. The Balaban J connectivity index is 1.79. The molecule has 2 aromatic carbocycles. The molecule has 2 atom stereocenters. The van der Waals surface area contributed by atoms with Gasteiger partial charge in [-0.25, -0.2) is 5.10 Å². The van der Waals surface area contributed by atoms with Crippen molar-refractivity contribution in [1.29, 1.82) is 0 Å². The van der Waals surface area contributed by atoms with Gasteiger partial charge in [-0.05, 0) is 52.6 Å². The van der Waals surface area contributed by atoms with Crippen LogP contribution < -0.4 is 10.2 Å². The highest BCUT2D eigenvalue weighted by molar-refractivity contribution is 6.30. The lowest BCUT2D eigenvalue weighted by molar-refractivity contribution is -0.139. The Bertz CT molecular complexity index is 1010. The quantitative estimate of drug-likeness (QED) is 0.502. The van der Waals surface area contributed by atoms with Gasteiger partial charge in [-0.2, -0.15) is 0 Å². The highest BCUT2D eigenvalue weighted by Gasteiger charge is 2.28. The average molecular weight is 429 g/mol. The largest absolute Gasteiger partial charge is 0.480 e. The van der Waals surface area contributed by atoms with Crippen molar-refractivity contribution >= 4 is 29.4 Å². The van der Waals surface area contributed by atoms with Crippen LogP contribution >= 0.6 is 11.6 Å². The van der Waals surface area contributed by atoms with Crippen molar-refractivity contribution < 1.29 is 14.7 Å². The van der Waals surface area contributed by atoms with E-state index < -0.39 is 18.1 Å². The summed E-state index contributed by atoms with van der Waals surface area (Å²) in [6.45, 7) is 1.49. The van der Waals surface area contributed by atoms with Crippen LogP contribution in [-0.2, 0) is 16.0 Å². The summed E-state index contributed by atoms with van der Waals surface area (Å²) in [5.74, 6) is -1.24.